The number of carbonyl (C=O) groups is 3. The van der Waals surface area contributed by atoms with Crippen LogP contribution in [0.25, 0.3) is 22.0 Å². The van der Waals surface area contributed by atoms with E-state index in [1.165, 1.54) is 38.4 Å². The molecule has 5 aromatic rings. The zero-order chi connectivity index (χ0) is 32.2. The van der Waals surface area contributed by atoms with Crippen LogP contribution in [0, 0.1) is 6.92 Å². The lowest BCUT2D eigenvalue weighted by Crippen LogP contribution is -2.19. The second-order valence-electron chi connectivity index (χ2n) is 9.76. The van der Waals surface area contributed by atoms with Gasteiger partial charge in [-0.05, 0) is 71.4 Å². The molecule has 2 N–H and O–H groups in total. The number of ether oxygens (including phenoxy) is 3. The van der Waals surface area contributed by atoms with Crippen molar-refractivity contribution < 1.29 is 28.6 Å². The van der Waals surface area contributed by atoms with Crippen molar-refractivity contribution >= 4 is 78.4 Å². The minimum Gasteiger partial charge on any atom is -0.493 e. The number of hydrogen-bond donors (Lipinski definition) is 2. The predicted octanol–water partition coefficient (Wildman–Crippen LogP) is 8.24. The number of aromatic nitrogens is 1. The maximum atomic E-state index is 13.5. The maximum absolute atomic E-state index is 13.5. The first-order valence-electron chi connectivity index (χ1n) is 13.3. The number of H-pyrrole nitrogens is 1. The normalized spacial score (nSPS) is 11.1. The van der Waals surface area contributed by atoms with Crippen LogP contribution in [-0.2, 0) is 4.79 Å². The van der Waals surface area contributed by atoms with E-state index in [-0.39, 0.29) is 28.5 Å². The summed E-state index contributed by atoms with van der Waals surface area (Å²) in [6.45, 7) is 3.24. The summed E-state index contributed by atoms with van der Waals surface area (Å²) in [7, 11) is 1.39. The summed E-state index contributed by atoms with van der Waals surface area (Å²) in [6.07, 6.45) is 1.36. The molecule has 0 bridgehead atoms. The third-order valence-electron chi connectivity index (χ3n) is 6.58. The zero-order valence-corrected chi connectivity index (χ0v) is 28.0. The Bertz CT molecular complexity index is 2010. The SMILES string of the molecule is COc1cc(C(=O)Oc2c(Br)cc(Br)cc2C=NNC(=O)c2[nH]c3ccc(C)cc3c2-c2ccccc2Cl)ccc1OC(C)=O. The topological polar surface area (TPSA) is 119 Å². The van der Waals surface area contributed by atoms with Crippen LogP contribution in [0.4, 0.5) is 0 Å². The van der Waals surface area contributed by atoms with E-state index in [2.05, 4.69) is 47.4 Å². The number of benzene rings is 4. The average Bonchev–Trinajstić information content (AvgIpc) is 3.37. The Morgan fingerprint density at radius 1 is 0.956 bits per heavy atom. The predicted molar refractivity (Wildman–Crippen MR) is 180 cm³/mol. The number of methoxy groups -OCH3 is 1. The third kappa shape index (κ3) is 7.11. The van der Waals surface area contributed by atoms with Crippen LogP contribution in [0.3, 0.4) is 0 Å². The average molecular weight is 754 g/mol. The maximum Gasteiger partial charge on any atom is 0.343 e. The van der Waals surface area contributed by atoms with E-state index in [1.54, 1.807) is 18.2 Å². The summed E-state index contributed by atoms with van der Waals surface area (Å²) >= 11 is 13.4. The number of nitrogens with one attached hydrogen (secondary N) is 2. The number of esters is 2. The van der Waals surface area contributed by atoms with Gasteiger partial charge in [-0.1, -0.05) is 57.4 Å². The van der Waals surface area contributed by atoms with E-state index in [4.69, 9.17) is 25.8 Å². The van der Waals surface area contributed by atoms with Gasteiger partial charge in [0.2, 0.25) is 0 Å². The van der Waals surface area contributed by atoms with Crippen LogP contribution >= 0.6 is 43.5 Å². The molecule has 0 spiro atoms. The summed E-state index contributed by atoms with van der Waals surface area (Å²) in [5.41, 5.74) is 6.54. The molecule has 228 valence electrons. The molecule has 1 aromatic heterocycles. The van der Waals surface area contributed by atoms with Crippen LogP contribution in [0.2, 0.25) is 5.02 Å². The molecule has 1 amide bonds. The molecule has 0 unspecified atom stereocenters. The van der Waals surface area contributed by atoms with E-state index in [0.29, 0.717) is 30.7 Å². The highest BCUT2D eigenvalue weighted by Gasteiger charge is 2.22. The summed E-state index contributed by atoms with van der Waals surface area (Å²) < 4.78 is 17.2. The van der Waals surface area contributed by atoms with Crippen molar-refractivity contribution in [3.63, 3.8) is 0 Å². The van der Waals surface area contributed by atoms with Gasteiger partial charge in [0.1, 0.15) is 5.69 Å². The fraction of sp³-hybridized carbons (Fsp3) is 0.0909. The highest BCUT2D eigenvalue weighted by molar-refractivity contribution is 9.11. The highest BCUT2D eigenvalue weighted by Crippen LogP contribution is 2.37. The molecule has 4 aromatic carbocycles. The van der Waals surface area contributed by atoms with Crippen molar-refractivity contribution in [1.82, 2.24) is 10.4 Å². The largest absolute Gasteiger partial charge is 0.493 e. The van der Waals surface area contributed by atoms with Crippen molar-refractivity contribution in [1.29, 1.82) is 0 Å². The molecule has 9 nitrogen and oxygen atoms in total. The van der Waals surface area contributed by atoms with Gasteiger partial charge in [0, 0.05) is 44.0 Å². The van der Waals surface area contributed by atoms with Gasteiger partial charge in [0.25, 0.3) is 5.91 Å². The number of hydrazone groups is 1. The van der Waals surface area contributed by atoms with Crippen LogP contribution in [0.15, 0.2) is 86.8 Å². The fourth-order valence-electron chi connectivity index (χ4n) is 4.61. The minimum absolute atomic E-state index is 0.148. The molecule has 0 saturated carbocycles. The number of amides is 1. The van der Waals surface area contributed by atoms with E-state index in [1.807, 2.05) is 43.3 Å². The summed E-state index contributed by atoms with van der Waals surface area (Å²) in [5, 5.41) is 5.52. The molecule has 0 atom stereocenters. The molecular formula is C33H24Br2ClN3O6. The van der Waals surface area contributed by atoms with Gasteiger partial charge in [-0.25, -0.2) is 10.2 Å². The lowest BCUT2D eigenvalue weighted by atomic mass is 10.0. The van der Waals surface area contributed by atoms with Crippen molar-refractivity contribution in [3.05, 3.63) is 109 Å². The third-order valence-corrected chi connectivity index (χ3v) is 7.96. The van der Waals surface area contributed by atoms with Crippen molar-refractivity contribution in [2.24, 2.45) is 5.10 Å². The minimum atomic E-state index is -0.706. The Labute approximate surface area is 279 Å². The van der Waals surface area contributed by atoms with Gasteiger partial charge in [-0.3, -0.25) is 9.59 Å². The Morgan fingerprint density at radius 3 is 2.47 bits per heavy atom. The van der Waals surface area contributed by atoms with Gasteiger partial charge in [0.15, 0.2) is 17.2 Å². The Kier molecular flexibility index (Phi) is 9.71. The van der Waals surface area contributed by atoms with Crippen LogP contribution in [-0.4, -0.2) is 36.2 Å². The molecule has 0 aliphatic heterocycles. The standard InChI is InChI=1S/C33H24Br2ClN3O6/c1-17-8-10-26-23(12-17)29(22-6-4-5-7-25(22)36)30(38-26)32(41)39-37-16-20-13-21(34)15-24(35)31(20)45-33(42)19-9-11-27(44-18(2)40)28(14-19)43-3/h4-16,38H,1-3H3,(H,39,41). The molecule has 12 heteroatoms. The number of halogens is 3. The molecular weight excluding hydrogens is 730 g/mol. The molecule has 5 rings (SSSR count). The number of fused-ring (bicyclic) bond motifs is 1. The molecule has 1 heterocycles. The number of rotatable bonds is 8. The van der Waals surface area contributed by atoms with Crippen molar-refractivity contribution in [2.75, 3.05) is 7.11 Å². The van der Waals surface area contributed by atoms with Crippen LogP contribution in [0.5, 0.6) is 17.2 Å². The lowest BCUT2D eigenvalue weighted by molar-refractivity contribution is -0.132. The van der Waals surface area contributed by atoms with E-state index >= 15 is 0 Å². The number of carbonyl (C=O) groups excluding carboxylic acids is 3. The van der Waals surface area contributed by atoms with E-state index in [0.717, 1.165) is 16.5 Å². The second-order valence-corrected chi connectivity index (χ2v) is 11.9. The number of aromatic amines is 1. The Balaban J connectivity index is 1.43. The number of hydrogen-bond acceptors (Lipinski definition) is 7. The van der Waals surface area contributed by atoms with Gasteiger partial charge < -0.3 is 19.2 Å². The first-order valence-corrected chi connectivity index (χ1v) is 15.3. The number of aryl methyl sites for hydroxylation is 1. The lowest BCUT2D eigenvalue weighted by Gasteiger charge is -2.12. The first kappa shape index (κ1) is 32.0. The van der Waals surface area contributed by atoms with E-state index in [9.17, 15) is 14.4 Å². The smallest absolute Gasteiger partial charge is 0.343 e. The van der Waals surface area contributed by atoms with Gasteiger partial charge in [0.05, 0.1) is 23.4 Å². The summed E-state index contributed by atoms with van der Waals surface area (Å²) in [4.78, 5) is 41.2. The Hall–Kier alpha value is -4.45. The Morgan fingerprint density at radius 2 is 1.73 bits per heavy atom. The van der Waals surface area contributed by atoms with Gasteiger partial charge in [-0.2, -0.15) is 5.10 Å². The summed E-state index contributed by atoms with van der Waals surface area (Å²) in [5.74, 6) is -1.23. The van der Waals surface area contributed by atoms with Crippen LogP contribution < -0.4 is 19.6 Å². The molecule has 0 fully saturated rings. The summed E-state index contributed by atoms with van der Waals surface area (Å²) in [6, 6.07) is 20.8. The van der Waals surface area contributed by atoms with Gasteiger partial charge >= 0.3 is 11.9 Å². The molecule has 45 heavy (non-hydrogen) atoms. The molecule has 0 aliphatic carbocycles. The first-order chi connectivity index (χ1) is 21.5. The van der Waals surface area contributed by atoms with Gasteiger partial charge in [-0.15, -0.1) is 0 Å². The second kappa shape index (κ2) is 13.7. The quantitative estimate of drug-likeness (QED) is 0.0714. The highest BCUT2D eigenvalue weighted by atomic mass is 79.9. The van der Waals surface area contributed by atoms with Crippen molar-refractivity contribution in [3.8, 4) is 28.4 Å². The number of nitrogens with zero attached hydrogens (tertiary/aromatic N) is 1. The van der Waals surface area contributed by atoms with E-state index < -0.39 is 17.8 Å². The van der Waals surface area contributed by atoms with Crippen molar-refractivity contribution in [2.45, 2.75) is 13.8 Å². The zero-order valence-electron chi connectivity index (χ0n) is 24.0. The molecule has 0 radical (unpaired) electrons. The fourth-order valence-corrected chi connectivity index (χ4v) is 6.17. The monoisotopic (exact) mass is 751 g/mol. The van der Waals surface area contributed by atoms with Crippen LogP contribution in [0.1, 0.15) is 38.9 Å². The molecule has 0 saturated heterocycles. The molecule has 0 aliphatic rings.